The van der Waals surface area contributed by atoms with Crippen LogP contribution >= 0.6 is 23.1 Å². The number of hydrogen-bond donors (Lipinski definition) is 1. The highest BCUT2D eigenvalue weighted by atomic mass is 32.2. The zero-order chi connectivity index (χ0) is 18.4. The molecule has 1 unspecified atom stereocenters. The minimum Gasteiger partial charge on any atom is -0.348 e. The number of carbonyl (C=O) groups is 1. The first-order chi connectivity index (χ1) is 12.7. The predicted octanol–water partition coefficient (Wildman–Crippen LogP) is 3.56. The van der Waals surface area contributed by atoms with E-state index in [1.54, 1.807) is 29.8 Å². The molecule has 0 saturated heterocycles. The molecule has 0 radical (unpaired) electrons. The Labute approximate surface area is 160 Å². The molecule has 3 aromatic rings. The van der Waals surface area contributed by atoms with E-state index >= 15 is 0 Å². The van der Waals surface area contributed by atoms with Gasteiger partial charge in [-0.15, -0.1) is 28.1 Å². The van der Waals surface area contributed by atoms with E-state index in [0.29, 0.717) is 11.7 Å². The van der Waals surface area contributed by atoms with Crippen molar-refractivity contribution in [1.29, 1.82) is 0 Å². The van der Waals surface area contributed by atoms with Crippen LogP contribution in [0.5, 0.6) is 0 Å². The van der Waals surface area contributed by atoms with Crippen molar-refractivity contribution in [2.75, 3.05) is 5.75 Å². The lowest BCUT2D eigenvalue weighted by atomic mass is 10.2. The molecule has 1 N–H and O–H groups in total. The van der Waals surface area contributed by atoms with E-state index in [2.05, 4.69) is 27.1 Å². The van der Waals surface area contributed by atoms with E-state index in [9.17, 15) is 4.79 Å². The van der Waals surface area contributed by atoms with Gasteiger partial charge in [-0.1, -0.05) is 23.9 Å². The van der Waals surface area contributed by atoms with Crippen LogP contribution in [0.3, 0.4) is 0 Å². The van der Waals surface area contributed by atoms with Gasteiger partial charge < -0.3 is 5.32 Å². The van der Waals surface area contributed by atoms with Crippen molar-refractivity contribution < 1.29 is 4.79 Å². The summed E-state index contributed by atoms with van der Waals surface area (Å²) in [5.74, 6) is 0.984. The third-order valence-corrected chi connectivity index (χ3v) is 5.67. The number of aromatic nitrogens is 4. The van der Waals surface area contributed by atoms with Gasteiger partial charge in [0.1, 0.15) is 0 Å². The topological polar surface area (TPSA) is 72.7 Å². The van der Waals surface area contributed by atoms with Crippen LogP contribution in [0.4, 0.5) is 0 Å². The first-order valence-electron chi connectivity index (χ1n) is 8.09. The van der Waals surface area contributed by atoms with Crippen LogP contribution in [0, 0.1) is 0 Å². The van der Waals surface area contributed by atoms with Crippen molar-refractivity contribution in [3.05, 3.63) is 59.6 Å². The van der Waals surface area contributed by atoms with Gasteiger partial charge in [0.2, 0.25) is 5.91 Å². The fourth-order valence-corrected chi connectivity index (χ4v) is 3.92. The van der Waals surface area contributed by atoms with Crippen LogP contribution in [0.2, 0.25) is 0 Å². The van der Waals surface area contributed by atoms with Crippen LogP contribution in [0.25, 0.3) is 11.4 Å². The molecule has 134 valence electrons. The lowest BCUT2D eigenvalue weighted by molar-refractivity contribution is -0.119. The van der Waals surface area contributed by atoms with Crippen molar-refractivity contribution in [3.63, 3.8) is 0 Å². The number of hydrogen-bond acceptors (Lipinski definition) is 6. The molecule has 0 saturated carbocycles. The monoisotopic (exact) mass is 385 g/mol. The maximum absolute atomic E-state index is 12.3. The smallest absolute Gasteiger partial charge is 0.230 e. The summed E-state index contributed by atoms with van der Waals surface area (Å²) in [7, 11) is 0. The molecule has 3 aromatic heterocycles. The fourth-order valence-electron chi connectivity index (χ4n) is 2.43. The van der Waals surface area contributed by atoms with Crippen molar-refractivity contribution in [1.82, 2.24) is 25.1 Å². The molecule has 0 fully saturated rings. The molecule has 0 aliphatic carbocycles. The van der Waals surface area contributed by atoms with E-state index in [4.69, 9.17) is 0 Å². The summed E-state index contributed by atoms with van der Waals surface area (Å²) in [6.07, 6.45) is 5.22. The maximum Gasteiger partial charge on any atom is 0.230 e. The van der Waals surface area contributed by atoms with E-state index in [0.717, 1.165) is 16.3 Å². The first-order valence-corrected chi connectivity index (χ1v) is 9.95. The first kappa shape index (κ1) is 18.3. The highest BCUT2D eigenvalue weighted by Gasteiger charge is 2.16. The number of pyridine rings is 1. The number of allylic oxidation sites excluding steroid dienone is 1. The SMILES string of the molecule is C=CCn1c(SCC(=O)NC(C)c2cccs2)nnc1-c1ccncc1. The van der Waals surface area contributed by atoms with Gasteiger partial charge in [0.15, 0.2) is 11.0 Å². The van der Waals surface area contributed by atoms with Crippen molar-refractivity contribution in [3.8, 4) is 11.4 Å². The number of nitrogens with zero attached hydrogens (tertiary/aromatic N) is 4. The zero-order valence-electron chi connectivity index (χ0n) is 14.3. The molecule has 0 aromatic carbocycles. The number of thioether (sulfide) groups is 1. The van der Waals surface area contributed by atoms with E-state index in [-0.39, 0.29) is 17.7 Å². The Morgan fingerprint density at radius 1 is 1.38 bits per heavy atom. The number of amides is 1. The second-order valence-electron chi connectivity index (χ2n) is 5.53. The molecular weight excluding hydrogens is 366 g/mol. The Morgan fingerprint density at radius 3 is 2.88 bits per heavy atom. The highest BCUT2D eigenvalue weighted by molar-refractivity contribution is 7.99. The van der Waals surface area contributed by atoms with Gasteiger partial charge in [-0.3, -0.25) is 14.3 Å². The summed E-state index contributed by atoms with van der Waals surface area (Å²) in [6, 6.07) is 7.77. The molecule has 3 heterocycles. The van der Waals surface area contributed by atoms with Gasteiger partial charge in [0.05, 0.1) is 11.8 Å². The Kier molecular flexibility index (Phi) is 6.19. The summed E-state index contributed by atoms with van der Waals surface area (Å²) in [6.45, 7) is 6.35. The van der Waals surface area contributed by atoms with E-state index in [1.165, 1.54) is 11.8 Å². The highest BCUT2D eigenvalue weighted by Crippen LogP contribution is 2.24. The molecular formula is C18H19N5OS2. The third-order valence-electron chi connectivity index (χ3n) is 3.65. The van der Waals surface area contributed by atoms with Gasteiger partial charge in [-0.2, -0.15) is 0 Å². The summed E-state index contributed by atoms with van der Waals surface area (Å²) in [4.78, 5) is 17.4. The number of nitrogens with one attached hydrogen (secondary N) is 1. The summed E-state index contributed by atoms with van der Waals surface area (Å²) < 4.78 is 1.95. The minimum atomic E-state index is -0.0329. The third kappa shape index (κ3) is 4.39. The van der Waals surface area contributed by atoms with Gasteiger partial charge in [0, 0.05) is 29.4 Å². The Bertz CT molecular complexity index is 861. The molecule has 1 amide bonds. The van der Waals surface area contributed by atoms with Crippen LogP contribution < -0.4 is 5.32 Å². The van der Waals surface area contributed by atoms with Crippen LogP contribution in [-0.2, 0) is 11.3 Å². The quantitative estimate of drug-likeness (QED) is 0.474. The van der Waals surface area contributed by atoms with E-state index in [1.807, 2.05) is 41.1 Å². The number of carbonyl (C=O) groups excluding carboxylic acids is 1. The molecule has 1 atom stereocenters. The largest absolute Gasteiger partial charge is 0.348 e. The van der Waals surface area contributed by atoms with Crippen molar-refractivity contribution in [2.45, 2.75) is 24.7 Å². The molecule has 0 spiro atoms. The van der Waals surface area contributed by atoms with Crippen LogP contribution in [0.1, 0.15) is 17.8 Å². The van der Waals surface area contributed by atoms with Gasteiger partial charge in [-0.25, -0.2) is 0 Å². The molecule has 3 rings (SSSR count). The second kappa shape index (κ2) is 8.77. The lowest BCUT2D eigenvalue weighted by Gasteiger charge is -2.12. The van der Waals surface area contributed by atoms with Crippen LogP contribution in [0.15, 0.2) is 59.9 Å². The zero-order valence-corrected chi connectivity index (χ0v) is 16.0. The fraction of sp³-hybridized carbons (Fsp3) is 0.222. The van der Waals surface area contributed by atoms with E-state index < -0.39 is 0 Å². The van der Waals surface area contributed by atoms with Gasteiger partial charge in [0.25, 0.3) is 0 Å². The normalized spacial score (nSPS) is 11.9. The summed E-state index contributed by atoms with van der Waals surface area (Å²) in [5, 5.41) is 14.2. The molecule has 6 nitrogen and oxygen atoms in total. The standard InChI is InChI=1S/C18H19N5OS2/c1-3-10-23-17(14-6-8-19-9-7-14)21-22-18(23)26-12-16(24)20-13(2)15-5-4-11-25-15/h3-9,11,13H,1,10,12H2,2H3,(H,20,24). The summed E-state index contributed by atoms with van der Waals surface area (Å²) in [5.41, 5.74) is 0.928. The second-order valence-corrected chi connectivity index (χ2v) is 7.46. The van der Waals surface area contributed by atoms with Gasteiger partial charge >= 0.3 is 0 Å². The molecule has 0 bridgehead atoms. The van der Waals surface area contributed by atoms with Crippen LogP contribution in [-0.4, -0.2) is 31.4 Å². The maximum atomic E-state index is 12.3. The Balaban J connectivity index is 1.67. The molecule has 0 aliphatic rings. The molecule has 8 heteroatoms. The van der Waals surface area contributed by atoms with Crippen molar-refractivity contribution in [2.24, 2.45) is 0 Å². The molecule has 0 aliphatic heterocycles. The Morgan fingerprint density at radius 2 is 2.19 bits per heavy atom. The van der Waals surface area contributed by atoms with Crippen molar-refractivity contribution >= 4 is 29.0 Å². The average Bonchev–Trinajstić information content (AvgIpc) is 3.31. The lowest BCUT2D eigenvalue weighted by Crippen LogP contribution is -2.27. The average molecular weight is 386 g/mol. The minimum absolute atomic E-state index is 0.00141. The number of thiophene rings is 1. The summed E-state index contributed by atoms with van der Waals surface area (Å²) >= 11 is 3.00. The predicted molar refractivity (Wildman–Crippen MR) is 105 cm³/mol. The molecule has 26 heavy (non-hydrogen) atoms. The Hall–Kier alpha value is -2.45. The number of rotatable bonds is 8. The van der Waals surface area contributed by atoms with Gasteiger partial charge in [-0.05, 0) is 30.5 Å².